The molecule has 0 aliphatic carbocycles. The molecule has 120 valence electrons. The highest BCUT2D eigenvalue weighted by atomic mass is 32.1. The van der Waals surface area contributed by atoms with Crippen LogP contribution in [0.5, 0.6) is 0 Å². The molecule has 0 saturated carbocycles. The number of benzene rings is 1. The number of piperidine rings is 1. The Balaban J connectivity index is 1.73. The average molecular weight is 332 g/mol. The van der Waals surface area contributed by atoms with Gasteiger partial charge in [0.1, 0.15) is 10.7 Å². The number of nitrogens with zero attached hydrogens (tertiary/aromatic N) is 2. The molecule has 7 nitrogen and oxygen atoms in total. The van der Waals surface area contributed by atoms with E-state index in [9.17, 15) is 14.9 Å². The molecule has 0 radical (unpaired) electrons. The summed E-state index contributed by atoms with van der Waals surface area (Å²) in [5, 5.41) is 19.4. The fourth-order valence-electron chi connectivity index (χ4n) is 2.49. The molecule has 8 heteroatoms. The van der Waals surface area contributed by atoms with Gasteiger partial charge in [-0.3, -0.25) is 14.9 Å². The molecule has 1 saturated heterocycles. The lowest BCUT2D eigenvalue weighted by atomic mass is 10.1. The molecule has 2 heterocycles. The van der Waals surface area contributed by atoms with Crippen molar-refractivity contribution in [2.24, 2.45) is 0 Å². The number of thiazole rings is 1. The van der Waals surface area contributed by atoms with Crippen molar-refractivity contribution < 1.29 is 9.72 Å². The SMILES string of the molecule is O=C(NC1CCNCC1)c1csc(-c2cccc([N+](=O)[O-])c2)n1. The van der Waals surface area contributed by atoms with Gasteiger partial charge in [-0.25, -0.2) is 4.98 Å². The van der Waals surface area contributed by atoms with Crippen molar-refractivity contribution in [1.29, 1.82) is 0 Å². The zero-order valence-corrected chi connectivity index (χ0v) is 13.1. The topological polar surface area (TPSA) is 97.2 Å². The van der Waals surface area contributed by atoms with Crippen molar-refractivity contribution >= 4 is 22.9 Å². The quantitative estimate of drug-likeness (QED) is 0.661. The molecule has 1 amide bonds. The molecule has 2 aromatic rings. The van der Waals surface area contributed by atoms with Gasteiger partial charge in [0.25, 0.3) is 11.6 Å². The predicted molar refractivity (Wildman–Crippen MR) is 87.6 cm³/mol. The summed E-state index contributed by atoms with van der Waals surface area (Å²) in [4.78, 5) is 26.9. The van der Waals surface area contributed by atoms with E-state index in [4.69, 9.17) is 0 Å². The number of hydrogen-bond donors (Lipinski definition) is 2. The first-order chi connectivity index (χ1) is 11.1. The summed E-state index contributed by atoms with van der Waals surface area (Å²) < 4.78 is 0. The Morgan fingerprint density at radius 1 is 1.39 bits per heavy atom. The van der Waals surface area contributed by atoms with Crippen LogP contribution in [0.4, 0.5) is 5.69 Å². The molecule has 0 bridgehead atoms. The van der Waals surface area contributed by atoms with Crippen LogP contribution in [0.25, 0.3) is 10.6 Å². The molecule has 1 aromatic carbocycles. The monoisotopic (exact) mass is 332 g/mol. The molecule has 23 heavy (non-hydrogen) atoms. The highest BCUT2D eigenvalue weighted by Gasteiger charge is 2.19. The number of nitrogens with one attached hydrogen (secondary N) is 2. The summed E-state index contributed by atoms with van der Waals surface area (Å²) >= 11 is 1.31. The Labute approximate surface area is 136 Å². The molecule has 0 spiro atoms. The van der Waals surface area contributed by atoms with E-state index in [1.807, 2.05) is 0 Å². The number of aromatic nitrogens is 1. The predicted octanol–water partition coefficient (Wildman–Crippen LogP) is 2.20. The normalized spacial score (nSPS) is 15.3. The molecule has 1 aliphatic heterocycles. The molecule has 0 atom stereocenters. The number of carbonyl (C=O) groups is 1. The largest absolute Gasteiger partial charge is 0.348 e. The van der Waals surface area contributed by atoms with Crippen LogP contribution in [-0.4, -0.2) is 34.9 Å². The third-order valence-corrected chi connectivity index (χ3v) is 4.61. The maximum atomic E-state index is 12.2. The van der Waals surface area contributed by atoms with E-state index in [-0.39, 0.29) is 17.6 Å². The fraction of sp³-hybridized carbons (Fsp3) is 0.333. The van der Waals surface area contributed by atoms with Crippen molar-refractivity contribution in [1.82, 2.24) is 15.6 Å². The zero-order valence-electron chi connectivity index (χ0n) is 12.3. The van der Waals surface area contributed by atoms with E-state index in [2.05, 4.69) is 15.6 Å². The van der Waals surface area contributed by atoms with Gasteiger partial charge in [-0.15, -0.1) is 11.3 Å². The number of hydrogen-bond acceptors (Lipinski definition) is 6. The highest BCUT2D eigenvalue weighted by Crippen LogP contribution is 2.26. The van der Waals surface area contributed by atoms with Crippen LogP contribution in [0.1, 0.15) is 23.3 Å². The minimum Gasteiger partial charge on any atom is -0.348 e. The Hall–Kier alpha value is -2.32. The first kappa shape index (κ1) is 15.6. The van der Waals surface area contributed by atoms with Gasteiger partial charge in [0.15, 0.2) is 0 Å². The highest BCUT2D eigenvalue weighted by molar-refractivity contribution is 7.13. The molecule has 2 N–H and O–H groups in total. The number of nitro benzene ring substituents is 1. The molecule has 0 unspecified atom stereocenters. The van der Waals surface area contributed by atoms with E-state index in [0.29, 0.717) is 16.3 Å². The van der Waals surface area contributed by atoms with Gasteiger partial charge >= 0.3 is 0 Å². The van der Waals surface area contributed by atoms with Crippen molar-refractivity contribution in [3.8, 4) is 10.6 Å². The zero-order chi connectivity index (χ0) is 16.2. The van der Waals surface area contributed by atoms with Crippen molar-refractivity contribution in [3.63, 3.8) is 0 Å². The summed E-state index contributed by atoms with van der Waals surface area (Å²) in [6.07, 6.45) is 1.82. The number of rotatable bonds is 4. The van der Waals surface area contributed by atoms with Crippen molar-refractivity contribution in [3.05, 3.63) is 45.5 Å². The average Bonchev–Trinajstić information content (AvgIpc) is 3.06. The second kappa shape index (κ2) is 6.84. The van der Waals surface area contributed by atoms with Crippen molar-refractivity contribution in [2.75, 3.05) is 13.1 Å². The Morgan fingerprint density at radius 3 is 2.91 bits per heavy atom. The molecule has 1 aromatic heterocycles. The first-order valence-corrected chi connectivity index (χ1v) is 8.23. The van der Waals surface area contributed by atoms with E-state index in [1.165, 1.54) is 23.5 Å². The van der Waals surface area contributed by atoms with Gasteiger partial charge in [-0.2, -0.15) is 0 Å². The van der Waals surface area contributed by atoms with Gasteiger partial charge in [0.05, 0.1) is 4.92 Å². The Bertz CT molecular complexity index is 725. The van der Waals surface area contributed by atoms with Gasteiger partial charge in [0.2, 0.25) is 0 Å². The Kier molecular flexibility index (Phi) is 4.63. The standard InChI is InChI=1S/C15H16N4O3S/c20-14(17-11-4-6-16-7-5-11)13-9-23-15(18-13)10-2-1-3-12(8-10)19(21)22/h1-3,8-9,11,16H,4-7H2,(H,17,20). The van der Waals surface area contributed by atoms with Gasteiger partial charge in [-0.1, -0.05) is 12.1 Å². The molecule has 1 aliphatic rings. The summed E-state index contributed by atoms with van der Waals surface area (Å²) in [5.74, 6) is -0.190. The molecule has 3 rings (SSSR count). The second-order valence-electron chi connectivity index (χ2n) is 5.34. The van der Waals surface area contributed by atoms with Crippen molar-refractivity contribution in [2.45, 2.75) is 18.9 Å². The number of nitro groups is 1. The lowest BCUT2D eigenvalue weighted by Gasteiger charge is -2.23. The second-order valence-corrected chi connectivity index (χ2v) is 6.20. The smallest absolute Gasteiger partial charge is 0.270 e. The van der Waals surface area contributed by atoms with Crippen LogP contribution in [0.15, 0.2) is 29.6 Å². The summed E-state index contributed by atoms with van der Waals surface area (Å²) in [6.45, 7) is 1.81. The number of amides is 1. The lowest BCUT2D eigenvalue weighted by molar-refractivity contribution is -0.384. The van der Waals surface area contributed by atoms with Gasteiger partial charge in [-0.05, 0) is 25.9 Å². The minimum atomic E-state index is -0.443. The third kappa shape index (κ3) is 3.72. The third-order valence-electron chi connectivity index (χ3n) is 3.72. The molecular formula is C15H16N4O3S. The maximum Gasteiger partial charge on any atom is 0.270 e. The van der Waals surface area contributed by atoms with E-state index in [0.717, 1.165) is 25.9 Å². The van der Waals surface area contributed by atoms with Crippen LogP contribution in [0.2, 0.25) is 0 Å². The van der Waals surface area contributed by atoms with E-state index >= 15 is 0 Å². The van der Waals surface area contributed by atoms with Crippen LogP contribution in [0, 0.1) is 10.1 Å². The van der Waals surface area contributed by atoms with E-state index < -0.39 is 4.92 Å². The molecule has 1 fully saturated rings. The lowest BCUT2D eigenvalue weighted by Crippen LogP contribution is -2.42. The maximum absolute atomic E-state index is 12.2. The van der Waals surface area contributed by atoms with Gasteiger partial charge < -0.3 is 10.6 Å². The number of non-ortho nitro benzene ring substituents is 1. The fourth-order valence-corrected chi connectivity index (χ4v) is 3.29. The van der Waals surface area contributed by atoms with E-state index in [1.54, 1.807) is 17.5 Å². The van der Waals surface area contributed by atoms with Crippen LogP contribution < -0.4 is 10.6 Å². The summed E-state index contributed by atoms with van der Waals surface area (Å²) in [6, 6.07) is 6.44. The van der Waals surface area contributed by atoms with Crippen LogP contribution in [0.3, 0.4) is 0 Å². The van der Waals surface area contributed by atoms with Gasteiger partial charge in [0, 0.05) is 29.1 Å². The summed E-state index contributed by atoms with van der Waals surface area (Å²) in [5.41, 5.74) is 1.01. The minimum absolute atomic E-state index is 0.0124. The first-order valence-electron chi connectivity index (χ1n) is 7.35. The van der Waals surface area contributed by atoms with Crippen LogP contribution >= 0.6 is 11.3 Å². The Morgan fingerprint density at radius 2 is 2.17 bits per heavy atom. The van der Waals surface area contributed by atoms with Crippen LogP contribution in [-0.2, 0) is 0 Å². The summed E-state index contributed by atoms with van der Waals surface area (Å²) in [7, 11) is 0. The molecular weight excluding hydrogens is 316 g/mol. The number of carbonyl (C=O) groups excluding carboxylic acids is 1.